The molecule has 1 nitrogen and oxygen atoms in total. The maximum absolute atomic E-state index is 3.49. The summed E-state index contributed by atoms with van der Waals surface area (Å²) in [5, 5.41) is 3.27. The van der Waals surface area contributed by atoms with Gasteiger partial charge < -0.3 is 0 Å². The topological polar surface area (TPSA) is 0 Å². The summed E-state index contributed by atoms with van der Waals surface area (Å²) in [5.74, 6) is 1.11. The highest BCUT2D eigenvalue weighted by atomic mass is 32.2. The summed E-state index contributed by atoms with van der Waals surface area (Å²) in [7, 11) is 0. The van der Waals surface area contributed by atoms with E-state index in [9.17, 15) is 0 Å². The molecule has 1 aliphatic rings. The van der Waals surface area contributed by atoms with E-state index in [0.29, 0.717) is 0 Å². The van der Waals surface area contributed by atoms with Crippen molar-refractivity contribution in [1.29, 1.82) is 0 Å². The van der Waals surface area contributed by atoms with E-state index >= 15 is 0 Å². The van der Waals surface area contributed by atoms with Gasteiger partial charge in [-0.25, -0.2) is 4.48 Å². The predicted molar refractivity (Wildman–Crippen MR) is 64.9 cm³/mol. The van der Waals surface area contributed by atoms with Gasteiger partial charge in [0.2, 0.25) is 0 Å². The summed E-state index contributed by atoms with van der Waals surface area (Å²) in [6.07, 6.45) is 5.40. The Morgan fingerprint density at radius 2 is 1.86 bits per heavy atom. The Balaban J connectivity index is 2.56. The molecule has 1 heterocycles. The number of likely N-dealkylation sites (tertiary alicyclic amines) is 1. The molecule has 0 aromatic carbocycles. The van der Waals surface area contributed by atoms with Crippen LogP contribution in [0, 0.1) is 11.3 Å². The lowest BCUT2D eigenvalue weighted by atomic mass is 10.1. The van der Waals surface area contributed by atoms with Crippen molar-refractivity contribution in [1.82, 2.24) is 0 Å². The Bertz CT molecular complexity index is 203. The highest BCUT2D eigenvalue weighted by Gasteiger charge is 2.27. The first-order valence-corrected chi connectivity index (χ1v) is 6.81. The van der Waals surface area contributed by atoms with Crippen molar-refractivity contribution >= 4 is 11.8 Å². The summed E-state index contributed by atoms with van der Waals surface area (Å²) >= 11 is 1.75. The number of rotatable bonds is 3. The van der Waals surface area contributed by atoms with Gasteiger partial charge in [0.1, 0.15) is 6.04 Å². The third kappa shape index (κ3) is 3.55. The fraction of sp³-hybridized carbons (Fsp3) is 0.833. The minimum Gasteiger partial charge on any atom is -0.246 e. The van der Waals surface area contributed by atoms with Gasteiger partial charge in [-0.15, -0.1) is 0 Å². The molecule has 0 amide bonds. The molecule has 80 valence electrons. The fourth-order valence-corrected chi connectivity index (χ4v) is 2.54. The van der Waals surface area contributed by atoms with Gasteiger partial charge in [0.05, 0.1) is 19.6 Å². The van der Waals surface area contributed by atoms with E-state index in [-0.39, 0.29) is 0 Å². The molecule has 2 heteroatoms. The summed E-state index contributed by atoms with van der Waals surface area (Å²) in [5.41, 5.74) is 0. The zero-order valence-corrected chi connectivity index (χ0v) is 10.3. The first-order valence-electron chi connectivity index (χ1n) is 5.83. The molecule has 1 saturated heterocycles. The molecule has 14 heavy (non-hydrogen) atoms. The predicted octanol–water partition coefficient (Wildman–Crippen LogP) is 3.07. The Labute approximate surface area is 92.8 Å². The molecule has 0 N–H and O–H groups in total. The molecule has 1 rings (SSSR count). The van der Waals surface area contributed by atoms with Crippen LogP contribution in [0.1, 0.15) is 39.5 Å². The number of quaternary nitrogens is 1. The van der Waals surface area contributed by atoms with Crippen molar-refractivity contribution < 1.29 is 4.48 Å². The number of piperidine rings is 1. The van der Waals surface area contributed by atoms with E-state index < -0.39 is 0 Å². The lowest BCUT2D eigenvalue weighted by Gasteiger charge is -2.34. The van der Waals surface area contributed by atoms with E-state index in [1.807, 2.05) is 0 Å². The van der Waals surface area contributed by atoms with E-state index in [0.717, 1.165) is 10.2 Å². The van der Waals surface area contributed by atoms with Crippen LogP contribution in [-0.4, -0.2) is 29.9 Å². The molecule has 0 atom stereocenters. The Morgan fingerprint density at radius 1 is 1.14 bits per heavy atom. The minimum absolute atomic E-state index is 1.07. The lowest BCUT2D eigenvalue weighted by Crippen LogP contribution is -2.47. The van der Waals surface area contributed by atoms with Crippen LogP contribution in [-0.2, 0) is 0 Å². The van der Waals surface area contributed by atoms with E-state index in [2.05, 4.69) is 25.1 Å². The summed E-state index contributed by atoms with van der Waals surface area (Å²) in [6, 6.07) is 3.49. The zero-order valence-electron chi connectivity index (χ0n) is 9.51. The summed E-state index contributed by atoms with van der Waals surface area (Å²) in [6.45, 7) is 8.25. The van der Waals surface area contributed by atoms with E-state index in [4.69, 9.17) is 0 Å². The Hall–Kier alpha value is -0.130. The average molecular weight is 212 g/mol. The summed E-state index contributed by atoms with van der Waals surface area (Å²) in [4.78, 5) is 0. The van der Waals surface area contributed by atoms with Crippen molar-refractivity contribution in [2.75, 3.05) is 25.4 Å². The Kier molecular flexibility index (Phi) is 5.44. The number of thioether (sulfide) groups is 1. The monoisotopic (exact) mass is 212 g/mol. The molecule has 0 bridgehead atoms. The highest BCUT2D eigenvalue weighted by Crippen LogP contribution is 2.18. The maximum Gasteiger partial charge on any atom is 0.149 e. The van der Waals surface area contributed by atoms with Crippen molar-refractivity contribution in [3.05, 3.63) is 0 Å². The van der Waals surface area contributed by atoms with Crippen molar-refractivity contribution in [3.63, 3.8) is 0 Å². The molecule has 0 aromatic rings. The van der Waals surface area contributed by atoms with Crippen LogP contribution in [0.5, 0.6) is 0 Å². The first-order chi connectivity index (χ1) is 6.83. The molecule has 0 aliphatic carbocycles. The quantitative estimate of drug-likeness (QED) is 0.512. The largest absolute Gasteiger partial charge is 0.246 e. The van der Waals surface area contributed by atoms with E-state index in [1.165, 1.54) is 45.3 Å². The second-order valence-electron chi connectivity index (χ2n) is 4.02. The van der Waals surface area contributed by atoms with Gasteiger partial charge in [0.15, 0.2) is 0 Å². The summed E-state index contributed by atoms with van der Waals surface area (Å²) < 4.78 is 1.07. The van der Waals surface area contributed by atoms with Gasteiger partial charge in [-0.3, -0.25) is 0 Å². The van der Waals surface area contributed by atoms with Crippen molar-refractivity contribution in [2.45, 2.75) is 39.5 Å². The molecule has 0 radical (unpaired) electrons. The van der Waals surface area contributed by atoms with Crippen LogP contribution < -0.4 is 0 Å². The smallest absolute Gasteiger partial charge is 0.149 e. The van der Waals surface area contributed by atoms with Gasteiger partial charge in [-0.1, -0.05) is 25.6 Å². The molecule has 0 saturated carbocycles. The second-order valence-corrected chi connectivity index (χ2v) is 5.09. The molecule has 1 aliphatic heterocycles. The molecular formula is C12H22NS+. The van der Waals surface area contributed by atoms with Gasteiger partial charge in [-0.2, -0.15) is 0 Å². The van der Waals surface area contributed by atoms with Crippen molar-refractivity contribution in [2.24, 2.45) is 0 Å². The third-order valence-electron chi connectivity index (χ3n) is 2.82. The molecule has 1 fully saturated rings. The van der Waals surface area contributed by atoms with Crippen LogP contribution in [0.2, 0.25) is 0 Å². The SMILES string of the molecule is CCC[N+]1(C#CSCC)CCCCC1. The lowest BCUT2D eigenvalue weighted by molar-refractivity contribution is -0.868. The highest BCUT2D eigenvalue weighted by molar-refractivity contribution is 8.03. The van der Waals surface area contributed by atoms with Gasteiger partial charge in [0, 0.05) is 11.0 Å². The van der Waals surface area contributed by atoms with Gasteiger partial charge in [0.25, 0.3) is 0 Å². The standard InChI is InChI=1S/C12H22NS/c1-3-8-13(11-12-14-4-2)9-6-5-7-10-13/h3-10H2,1-2H3/q+1. The second kappa shape index (κ2) is 6.37. The third-order valence-corrected chi connectivity index (χ3v) is 3.35. The first kappa shape index (κ1) is 11.9. The zero-order chi connectivity index (χ0) is 10.3. The van der Waals surface area contributed by atoms with Crippen LogP contribution >= 0.6 is 11.8 Å². The normalized spacial score (nSPS) is 19.9. The van der Waals surface area contributed by atoms with Gasteiger partial charge >= 0.3 is 0 Å². The Morgan fingerprint density at radius 3 is 2.43 bits per heavy atom. The molecule has 0 unspecified atom stereocenters. The fourth-order valence-electron chi connectivity index (χ4n) is 2.14. The van der Waals surface area contributed by atoms with Crippen LogP contribution in [0.25, 0.3) is 0 Å². The number of hydrogen-bond donors (Lipinski definition) is 0. The molecule has 0 aromatic heterocycles. The molecule has 0 spiro atoms. The minimum atomic E-state index is 1.07. The van der Waals surface area contributed by atoms with Crippen LogP contribution in [0.4, 0.5) is 0 Å². The number of nitrogens with zero attached hydrogens (tertiary/aromatic N) is 1. The van der Waals surface area contributed by atoms with Gasteiger partial charge in [-0.05, 0) is 25.7 Å². The average Bonchev–Trinajstić information content (AvgIpc) is 2.20. The number of hydrogen-bond acceptors (Lipinski definition) is 1. The van der Waals surface area contributed by atoms with Crippen LogP contribution in [0.3, 0.4) is 0 Å². The maximum atomic E-state index is 3.49. The molecular weight excluding hydrogens is 190 g/mol. The van der Waals surface area contributed by atoms with Crippen LogP contribution in [0.15, 0.2) is 0 Å². The van der Waals surface area contributed by atoms with Crippen molar-refractivity contribution in [3.8, 4) is 11.3 Å². The van der Waals surface area contributed by atoms with E-state index in [1.54, 1.807) is 11.8 Å².